The molecule has 1 N–H and O–H groups in total. The molecule has 1 aromatic rings. The van der Waals surface area contributed by atoms with Crippen molar-refractivity contribution in [3.05, 3.63) is 35.9 Å². The summed E-state index contributed by atoms with van der Waals surface area (Å²) in [6.07, 6.45) is 4.54. The molecule has 0 saturated heterocycles. The van der Waals surface area contributed by atoms with Crippen molar-refractivity contribution in [3.63, 3.8) is 0 Å². The number of Topliss-reactive ketones (excluding diaryl/α,β-unsaturated/α-hetero) is 1. The van der Waals surface area contributed by atoms with Crippen LogP contribution in [0.2, 0.25) is 0 Å². The van der Waals surface area contributed by atoms with E-state index in [2.05, 4.69) is 12.4 Å². The fourth-order valence-corrected chi connectivity index (χ4v) is 1.66. The maximum absolute atomic E-state index is 11.7. The van der Waals surface area contributed by atoms with Crippen LogP contribution in [0.15, 0.2) is 30.3 Å². The third-order valence-electron chi connectivity index (χ3n) is 2.75. The Balaban J connectivity index is 2.13. The summed E-state index contributed by atoms with van der Waals surface area (Å²) in [5.74, 6) is -0.406. The number of hydrogen-bond donors (Lipinski definition) is 1. The second-order valence-corrected chi connectivity index (χ2v) is 4.40. The van der Waals surface area contributed by atoms with Crippen molar-refractivity contribution in [1.82, 2.24) is 5.48 Å². The van der Waals surface area contributed by atoms with Crippen molar-refractivity contribution in [2.75, 3.05) is 6.54 Å². The smallest absolute Gasteiger partial charge is 0.324 e. The molecule has 0 aliphatic rings. The highest BCUT2D eigenvalue weighted by Gasteiger charge is 2.07. The van der Waals surface area contributed by atoms with E-state index in [1.54, 1.807) is 24.3 Å². The van der Waals surface area contributed by atoms with E-state index in [9.17, 15) is 9.59 Å². The van der Waals surface area contributed by atoms with Crippen LogP contribution in [0.1, 0.15) is 49.4 Å². The third-order valence-corrected chi connectivity index (χ3v) is 2.75. The minimum absolute atomic E-state index is 0.00468. The minimum atomic E-state index is -0.308. The van der Waals surface area contributed by atoms with Gasteiger partial charge in [-0.05, 0) is 6.42 Å². The monoisotopic (exact) mass is 263 g/mol. The lowest BCUT2D eigenvalue weighted by Crippen LogP contribution is -2.26. The Morgan fingerprint density at radius 3 is 2.53 bits per heavy atom. The van der Waals surface area contributed by atoms with E-state index >= 15 is 0 Å². The Bertz CT molecular complexity index is 390. The summed E-state index contributed by atoms with van der Waals surface area (Å²) in [4.78, 5) is 27.8. The highest BCUT2D eigenvalue weighted by Crippen LogP contribution is 2.03. The number of carbonyl (C=O) groups is 2. The normalized spacial score (nSPS) is 10.2. The van der Waals surface area contributed by atoms with Crippen LogP contribution in [0.3, 0.4) is 0 Å². The van der Waals surface area contributed by atoms with E-state index in [0.717, 1.165) is 25.7 Å². The molecule has 0 bridgehead atoms. The first-order chi connectivity index (χ1) is 9.24. The first kappa shape index (κ1) is 15.4. The summed E-state index contributed by atoms with van der Waals surface area (Å²) in [5, 5.41) is 0. The molecule has 1 rings (SSSR count). The Hall–Kier alpha value is -1.68. The van der Waals surface area contributed by atoms with Crippen LogP contribution in [-0.2, 0) is 9.63 Å². The van der Waals surface area contributed by atoms with E-state index in [1.165, 1.54) is 0 Å². The highest BCUT2D eigenvalue weighted by molar-refractivity contribution is 5.97. The average molecular weight is 263 g/mol. The zero-order valence-electron chi connectivity index (χ0n) is 11.4. The molecular weight excluding hydrogens is 242 g/mol. The SMILES string of the molecule is CCCCCCC(=O)ONCC(=O)c1ccccc1. The Morgan fingerprint density at radius 2 is 1.84 bits per heavy atom. The van der Waals surface area contributed by atoms with Crippen LogP contribution in [0.4, 0.5) is 0 Å². The fourth-order valence-electron chi connectivity index (χ4n) is 1.66. The van der Waals surface area contributed by atoms with E-state index in [-0.39, 0.29) is 18.3 Å². The minimum Gasteiger partial charge on any atom is -0.370 e. The van der Waals surface area contributed by atoms with Crippen molar-refractivity contribution >= 4 is 11.8 Å². The summed E-state index contributed by atoms with van der Waals surface area (Å²) in [6, 6.07) is 8.91. The van der Waals surface area contributed by atoms with Gasteiger partial charge in [-0.3, -0.25) is 9.59 Å². The van der Waals surface area contributed by atoms with Gasteiger partial charge in [0.05, 0.1) is 6.54 Å². The van der Waals surface area contributed by atoms with Gasteiger partial charge in [0.15, 0.2) is 5.78 Å². The number of nitrogens with one attached hydrogen (secondary N) is 1. The zero-order chi connectivity index (χ0) is 13.9. The summed E-state index contributed by atoms with van der Waals surface area (Å²) in [5.41, 5.74) is 3.03. The van der Waals surface area contributed by atoms with Gasteiger partial charge in [0.1, 0.15) is 0 Å². The summed E-state index contributed by atoms with van der Waals surface area (Å²) in [7, 11) is 0. The van der Waals surface area contributed by atoms with Gasteiger partial charge in [-0.2, -0.15) is 0 Å². The zero-order valence-corrected chi connectivity index (χ0v) is 11.4. The lowest BCUT2D eigenvalue weighted by molar-refractivity contribution is -0.150. The number of ketones is 1. The van der Waals surface area contributed by atoms with Gasteiger partial charge < -0.3 is 4.84 Å². The van der Waals surface area contributed by atoms with Gasteiger partial charge in [0, 0.05) is 12.0 Å². The molecule has 0 saturated carbocycles. The molecule has 4 heteroatoms. The van der Waals surface area contributed by atoms with Crippen molar-refractivity contribution in [2.24, 2.45) is 0 Å². The molecule has 0 amide bonds. The quantitative estimate of drug-likeness (QED) is 0.423. The Labute approximate surface area is 114 Å². The van der Waals surface area contributed by atoms with Crippen LogP contribution in [0.25, 0.3) is 0 Å². The molecule has 0 aliphatic heterocycles. The number of unbranched alkanes of at least 4 members (excludes halogenated alkanes) is 3. The standard InChI is InChI=1S/C15H21NO3/c1-2-3-4-8-11-15(18)19-16-12-14(17)13-9-6-5-7-10-13/h5-7,9-10,16H,2-4,8,11-12H2,1H3. The van der Waals surface area contributed by atoms with Gasteiger partial charge in [-0.1, -0.05) is 56.5 Å². The van der Waals surface area contributed by atoms with Gasteiger partial charge in [0.25, 0.3) is 0 Å². The van der Waals surface area contributed by atoms with Crippen LogP contribution in [0.5, 0.6) is 0 Å². The predicted octanol–water partition coefficient (Wildman–Crippen LogP) is 2.89. The molecule has 0 aliphatic carbocycles. The fraction of sp³-hybridized carbons (Fsp3) is 0.467. The van der Waals surface area contributed by atoms with Crippen LogP contribution >= 0.6 is 0 Å². The predicted molar refractivity (Wildman–Crippen MR) is 73.6 cm³/mol. The lowest BCUT2D eigenvalue weighted by atomic mass is 10.1. The molecule has 0 fully saturated rings. The van der Waals surface area contributed by atoms with Crippen molar-refractivity contribution in [2.45, 2.75) is 39.0 Å². The van der Waals surface area contributed by atoms with E-state index in [1.807, 2.05) is 6.07 Å². The van der Waals surface area contributed by atoms with Gasteiger partial charge in [-0.15, -0.1) is 5.48 Å². The number of benzene rings is 1. The van der Waals surface area contributed by atoms with Gasteiger partial charge in [0.2, 0.25) is 0 Å². The van der Waals surface area contributed by atoms with E-state index in [0.29, 0.717) is 12.0 Å². The third kappa shape index (κ3) is 6.72. The molecular formula is C15H21NO3. The lowest BCUT2D eigenvalue weighted by Gasteiger charge is -2.05. The van der Waals surface area contributed by atoms with Crippen molar-refractivity contribution in [3.8, 4) is 0 Å². The van der Waals surface area contributed by atoms with Crippen molar-refractivity contribution < 1.29 is 14.4 Å². The van der Waals surface area contributed by atoms with Crippen molar-refractivity contribution in [1.29, 1.82) is 0 Å². The molecule has 0 atom stereocenters. The van der Waals surface area contributed by atoms with Gasteiger partial charge >= 0.3 is 5.97 Å². The van der Waals surface area contributed by atoms with E-state index in [4.69, 9.17) is 4.84 Å². The molecule has 4 nitrogen and oxygen atoms in total. The van der Waals surface area contributed by atoms with Gasteiger partial charge in [-0.25, -0.2) is 0 Å². The molecule has 0 radical (unpaired) electrons. The maximum Gasteiger partial charge on any atom is 0.324 e. The second kappa shape index (κ2) is 9.28. The van der Waals surface area contributed by atoms with Crippen LogP contribution < -0.4 is 5.48 Å². The molecule has 0 aromatic heterocycles. The number of carbonyl (C=O) groups excluding carboxylic acids is 2. The highest BCUT2D eigenvalue weighted by atomic mass is 16.7. The topological polar surface area (TPSA) is 55.4 Å². The largest absolute Gasteiger partial charge is 0.370 e. The molecule has 104 valence electrons. The van der Waals surface area contributed by atoms with Crippen LogP contribution in [-0.4, -0.2) is 18.3 Å². The first-order valence-electron chi connectivity index (χ1n) is 6.74. The summed E-state index contributed by atoms with van der Waals surface area (Å²) >= 11 is 0. The average Bonchev–Trinajstić information content (AvgIpc) is 2.44. The van der Waals surface area contributed by atoms with E-state index < -0.39 is 0 Å². The molecule has 0 spiro atoms. The Morgan fingerprint density at radius 1 is 1.11 bits per heavy atom. The molecule has 0 heterocycles. The molecule has 19 heavy (non-hydrogen) atoms. The maximum atomic E-state index is 11.7. The molecule has 1 aromatic carbocycles. The summed E-state index contributed by atoms with van der Waals surface area (Å²) < 4.78 is 0. The number of hydrogen-bond acceptors (Lipinski definition) is 4. The second-order valence-electron chi connectivity index (χ2n) is 4.40. The summed E-state index contributed by atoms with van der Waals surface area (Å²) in [6.45, 7) is 2.12. The first-order valence-corrected chi connectivity index (χ1v) is 6.74. The number of hydroxylamine groups is 1. The molecule has 0 unspecified atom stereocenters. The van der Waals surface area contributed by atoms with Crippen LogP contribution in [0, 0.1) is 0 Å². The number of rotatable bonds is 9. The Kier molecular flexibility index (Phi) is 7.51.